The van der Waals surface area contributed by atoms with Gasteiger partial charge in [0.15, 0.2) is 0 Å². The normalized spacial score (nSPS) is 21.1. The molecule has 5 heteroatoms. The standard InChI is InChI=1S/C18H18BrNO3/c19-16-10-14(18(22)23)11-20(17(16)21)15-8-4-7-13(9-15)12-5-2-1-3-6-12/h1-3,5-6,10-11,13,15H,4,7-9H2,(H,22,23)/t13-,15+/m1/s1. The Labute approximate surface area is 142 Å². The lowest BCUT2D eigenvalue weighted by atomic mass is 9.81. The SMILES string of the molecule is O=C(O)c1cc(Br)c(=O)n([C@H]2CCC[C@@H](c3ccccc3)C2)c1. The maximum absolute atomic E-state index is 12.4. The summed E-state index contributed by atoms with van der Waals surface area (Å²) in [7, 11) is 0. The number of carboxylic acids is 1. The van der Waals surface area contributed by atoms with Crippen molar-refractivity contribution in [2.45, 2.75) is 37.6 Å². The Morgan fingerprint density at radius 3 is 2.65 bits per heavy atom. The smallest absolute Gasteiger partial charge is 0.337 e. The van der Waals surface area contributed by atoms with Crippen molar-refractivity contribution in [3.63, 3.8) is 0 Å². The lowest BCUT2D eigenvalue weighted by Crippen LogP contribution is -2.29. The fourth-order valence-electron chi connectivity index (χ4n) is 3.40. The molecule has 0 unspecified atom stereocenters. The molecule has 0 bridgehead atoms. The molecule has 23 heavy (non-hydrogen) atoms. The highest BCUT2D eigenvalue weighted by Crippen LogP contribution is 2.38. The van der Waals surface area contributed by atoms with Gasteiger partial charge in [0, 0.05) is 12.2 Å². The molecule has 1 saturated carbocycles. The van der Waals surface area contributed by atoms with E-state index in [0.717, 1.165) is 25.7 Å². The first-order valence-electron chi connectivity index (χ1n) is 7.76. The molecular formula is C18H18BrNO3. The molecule has 1 aliphatic carbocycles. The molecule has 4 nitrogen and oxygen atoms in total. The number of carbonyl (C=O) groups is 1. The average Bonchev–Trinajstić information content (AvgIpc) is 2.58. The lowest BCUT2D eigenvalue weighted by Gasteiger charge is -2.31. The lowest BCUT2D eigenvalue weighted by molar-refractivity contribution is 0.0695. The number of benzene rings is 1. The van der Waals surface area contributed by atoms with Gasteiger partial charge in [-0.3, -0.25) is 4.79 Å². The van der Waals surface area contributed by atoms with Crippen LogP contribution in [0.1, 0.15) is 53.6 Å². The number of pyridine rings is 1. The summed E-state index contributed by atoms with van der Waals surface area (Å²) in [5.41, 5.74) is 1.27. The van der Waals surface area contributed by atoms with Gasteiger partial charge in [0.25, 0.3) is 5.56 Å². The number of aromatic carboxylic acids is 1. The van der Waals surface area contributed by atoms with Gasteiger partial charge in [-0.2, -0.15) is 0 Å². The molecule has 1 aliphatic rings. The van der Waals surface area contributed by atoms with Gasteiger partial charge in [0.1, 0.15) is 0 Å². The van der Waals surface area contributed by atoms with E-state index >= 15 is 0 Å². The summed E-state index contributed by atoms with van der Waals surface area (Å²) in [5.74, 6) is -0.607. The predicted octanol–water partition coefficient (Wildman–Crippen LogP) is 4.21. The Hall–Kier alpha value is -1.88. The second kappa shape index (κ2) is 6.71. The average molecular weight is 376 g/mol. The summed E-state index contributed by atoms with van der Waals surface area (Å²) >= 11 is 3.20. The van der Waals surface area contributed by atoms with Crippen LogP contribution < -0.4 is 5.56 Å². The van der Waals surface area contributed by atoms with Crippen molar-refractivity contribution in [2.24, 2.45) is 0 Å². The third-order valence-corrected chi connectivity index (χ3v) is 5.13. The van der Waals surface area contributed by atoms with Crippen LogP contribution in [0.15, 0.2) is 51.9 Å². The minimum Gasteiger partial charge on any atom is -0.478 e. The van der Waals surface area contributed by atoms with E-state index in [9.17, 15) is 14.7 Å². The van der Waals surface area contributed by atoms with Gasteiger partial charge < -0.3 is 9.67 Å². The van der Waals surface area contributed by atoms with Gasteiger partial charge in [-0.1, -0.05) is 36.8 Å². The Balaban J connectivity index is 1.92. The highest BCUT2D eigenvalue weighted by molar-refractivity contribution is 9.10. The Morgan fingerprint density at radius 2 is 1.96 bits per heavy atom. The molecule has 120 valence electrons. The highest BCUT2D eigenvalue weighted by Gasteiger charge is 2.26. The summed E-state index contributed by atoms with van der Waals surface area (Å²) in [6.07, 6.45) is 5.38. The molecule has 2 atom stereocenters. The maximum atomic E-state index is 12.4. The summed E-state index contributed by atoms with van der Waals surface area (Å²) in [5, 5.41) is 9.22. The fourth-order valence-corrected chi connectivity index (χ4v) is 3.85. The first-order chi connectivity index (χ1) is 11.1. The molecule has 1 aromatic carbocycles. The summed E-state index contributed by atoms with van der Waals surface area (Å²) in [6.45, 7) is 0. The summed E-state index contributed by atoms with van der Waals surface area (Å²) < 4.78 is 1.90. The van der Waals surface area contributed by atoms with Gasteiger partial charge in [0.05, 0.1) is 10.0 Å². The van der Waals surface area contributed by atoms with Gasteiger partial charge in [-0.15, -0.1) is 0 Å². The number of rotatable bonds is 3. The zero-order valence-electron chi connectivity index (χ0n) is 12.6. The molecular weight excluding hydrogens is 358 g/mol. The number of hydrogen-bond donors (Lipinski definition) is 1. The van der Waals surface area contributed by atoms with Crippen molar-refractivity contribution in [3.05, 3.63) is 68.5 Å². The number of halogens is 1. The fraction of sp³-hybridized carbons (Fsp3) is 0.333. The molecule has 1 N–H and O–H groups in total. The third kappa shape index (κ3) is 3.39. The Bertz CT molecular complexity index is 770. The van der Waals surface area contributed by atoms with Crippen LogP contribution >= 0.6 is 15.9 Å². The number of aromatic nitrogens is 1. The van der Waals surface area contributed by atoms with Crippen LogP contribution in [-0.2, 0) is 0 Å². The zero-order chi connectivity index (χ0) is 16.4. The highest BCUT2D eigenvalue weighted by atomic mass is 79.9. The molecule has 1 aromatic heterocycles. The zero-order valence-corrected chi connectivity index (χ0v) is 14.2. The van der Waals surface area contributed by atoms with Crippen LogP contribution in [-0.4, -0.2) is 15.6 Å². The minimum atomic E-state index is -1.02. The Kier molecular flexibility index (Phi) is 4.66. The van der Waals surface area contributed by atoms with Crippen molar-refractivity contribution in [1.29, 1.82) is 0 Å². The van der Waals surface area contributed by atoms with Crippen LogP contribution in [0.4, 0.5) is 0 Å². The van der Waals surface area contributed by atoms with E-state index in [1.165, 1.54) is 17.8 Å². The van der Waals surface area contributed by atoms with Crippen LogP contribution in [0.3, 0.4) is 0 Å². The van der Waals surface area contributed by atoms with Crippen molar-refractivity contribution in [2.75, 3.05) is 0 Å². The molecule has 3 rings (SSSR count). The van der Waals surface area contributed by atoms with Gasteiger partial charge in [-0.25, -0.2) is 4.79 Å². The van der Waals surface area contributed by atoms with Crippen molar-refractivity contribution in [1.82, 2.24) is 4.57 Å². The first kappa shape index (κ1) is 16.0. The number of carboxylic acid groups (broad SMARTS) is 1. The largest absolute Gasteiger partial charge is 0.478 e. The molecule has 0 amide bonds. The minimum absolute atomic E-state index is 0.0389. The summed E-state index contributed by atoms with van der Waals surface area (Å²) in [4.78, 5) is 23.7. The van der Waals surface area contributed by atoms with Gasteiger partial charge in [0.2, 0.25) is 0 Å². The molecule has 0 aliphatic heterocycles. The van der Waals surface area contributed by atoms with E-state index in [-0.39, 0.29) is 17.2 Å². The topological polar surface area (TPSA) is 59.3 Å². The molecule has 1 heterocycles. The van der Waals surface area contributed by atoms with Gasteiger partial charge >= 0.3 is 5.97 Å². The molecule has 0 saturated heterocycles. The maximum Gasteiger partial charge on any atom is 0.337 e. The van der Waals surface area contributed by atoms with Crippen molar-refractivity contribution in [3.8, 4) is 0 Å². The quantitative estimate of drug-likeness (QED) is 0.873. The van der Waals surface area contributed by atoms with E-state index in [4.69, 9.17) is 0 Å². The number of hydrogen-bond acceptors (Lipinski definition) is 2. The molecule has 2 aromatic rings. The van der Waals surface area contributed by atoms with E-state index in [2.05, 4.69) is 28.1 Å². The first-order valence-corrected chi connectivity index (χ1v) is 8.55. The van der Waals surface area contributed by atoms with Gasteiger partial charge in [-0.05, 0) is 52.7 Å². The second-order valence-electron chi connectivity index (χ2n) is 6.02. The van der Waals surface area contributed by atoms with E-state index in [1.54, 1.807) is 4.57 Å². The van der Waals surface area contributed by atoms with Crippen molar-refractivity contribution < 1.29 is 9.90 Å². The van der Waals surface area contributed by atoms with Crippen LogP contribution in [0.2, 0.25) is 0 Å². The van der Waals surface area contributed by atoms with Crippen LogP contribution in [0.5, 0.6) is 0 Å². The molecule has 0 radical (unpaired) electrons. The third-order valence-electron chi connectivity index (χ3n) is 4.56. The van der Waals surface area contributed by atoms with E-state index < -0.39 is 5.97 Å². The Morgan fingerprint density at radius 1 is 1.22 bits per heavy atom. The molecule has 1 fully saturated rings. The second-order valence-corrected chi connectivity index (χ2v) is 6.88. The molecule has 0 spiro atoms. The van der Waals surface area contributed by atoms with Crippen LogP contribution in [0, 0.1) is 0 Å². The van der Waals surface area contributed by atoms with Crippen LogP contribution in [0.25, 0.3) is 0 Å². The van der Waals surface area contributed by atoms with E-state index in [1.807, 2.05) is 18.2 Å². The van der Waals surface area contributed by atoms with E-state index in [0.29, 0.717) is 10.4 Å². The predicted molar refractivity (Wildman–Crippen MR) is 92.0 cm³/mol. The number of nitrogens with zero attached hydrogens (tertiary/aromatic N) is 1. The summed E-state index contributed by atoms with van der Waals surface area (Å²) in [6, 6.07) is 11.7. The van der Waals surface area contributed by atoms with Crippen molar-refractivity contribution >= 4 is 21.9 Å². The monoisotopic (exact) mass is 375 g/mol.